The van der Waals surface area contributed by atoms with Gasteiger partial charge in [0.2, 0.25) is 0 Å². The van der Waals surface area contributed by atoms with E-state index in [2.05, 4.69) is 72.7 Å². The Labute approximate surface area is 141 Å². The van der Waals surface area contributed by atoms with Gasteiger partial charge in [-0.25, -0.2) is 0 Å². The van der Waals surface area contributed by atoms with Crippen molar-refractivity contribution in [3.8, 4) is 0 Å². The minimum atomic E-state index is 0.0108. The molecule has 0 bridgehead atoms. The summed E-state index contributed by atoms with van der Waals surface area (Å²) in [6.45, 7) is 4.22. The maximum atomic E-state index is 6.23. The summed E-state index contributed by atoms with van der Waals surface area (Å²) in [5.41, 5.74) is 12.5. The standard InChI is InChI=1S/C20H24N4/c1-3-17(21)23-9-13-5-7-15-11-24(18(22)4-2)12-16-8-6-14(10-23)19(13)20(15)16/h5-12,17-18H,3-4,21-22H2,1-2H3. The van der Waals surface area contributed by atoms with Gasteiger partial charge in [-0.1, -0.05) is 38.1 Å². The molecule has 0 saturated carbocycles. The molecule has 2 aliphatic rings. The highest BCUT2D eigenvalue weighted by Gasteiger charge is 2.15. The monoisotopic (exact) mass is 320 g/mol. The topological polar surface area (TPSA) is 58.5 Å². The predicted octanol–water partition coefficient (Wildman–Crippen LogP) is -0.187. The van der Waals surface area contributed by atoms with Gasteiger partial charge in [-0.05, 0) is 33.7 Å². The van der Waals surface area contributed by atoms with Gasteiger partial charge in [-0.15, -0.1) is 0 Å². The van der Waals surface area contributed by atoms with E-state index < -0.39 is 0 Å². The molecule has 0 spiro atoms. The molecule has 0 saturated heterocycles. The van der Waals surface area contributed by atoms with Crippen LogP contribution in [0.1, 0.15) is 26.7 Å². The number of hydrogen-bond donors (Lipinski definition) is 2. The molecule has 24 heavy (non-hydrogen) atoms. The summed E-state index contributed by atoms with van der Waals surface area (Å²) < 4.78 is 0. The molecule has 0 aromatic heterocycles. The second kappa shape index (κ2) is 5.65. The summed E-state index contributed by atoms with van der Waals surface area (Å²) in [6.07, 6.45) is 10.5. The van der Waals surface area contributed by atoms with Gasteiger partial charge < -0.3 is 21.3 Å². The van der Waals surface area contributed by atoms with Crippen LogP contribution in [0.2, 0.25) is 0 Å². The molecule has 4 heteroatoms. The van der Waals surface area contributed by atoms with Crippen LogP contribution in [0.25, 0.3) is 35.6 Å². The minimum Gasteiger partial charge on any atom is -0.338 e. The van der Waals surface area contributed by atoms with Crippen molar-refractivity contribution in [3.05, 3.63) is 45.1 Å². The number of benzene rings is 2. The van der Waals surface area contributed by atoms with Gasteiger partial charge in [0.15, 0.2) is 0 Å². The Morgan fingerprint density at radius 3 is 1.21 bits per heavy atom. The van der Waals surface area contributed by atoms with E-state index in [1.54, 1.807) is 0 Å². The van der Waals surface area contributed by atoms with Crippen molar-refractivity contribution in [1.29, 1.82) is 0 Å². The van der Waals surface area contributed by atoms with Crippen molar-refractivity contribution < 1.29 is 0 Å². The van der Waals surface area contributed by atoms with Crippen LogP contribution in [0, 0.1) is 0 Å². The SMILES string of the molecule is CCC(N)N1C=c2ccc3c4c(ccc(c24)=C1)=CN(C(N)CC)C=3. The van der Waals surface area contributed by atoms with Gasteiger partial charge in [0.25, 0.3) is 0 Å². The fraction of sp³-hybridized carbons (Fsp3) is 0.300. The van der Waals surface area contributed by atoms with Gasteiger partial charge in [0, 0.05) is 35.6 Å². The van der Waals surface area contributed by atoms with Gasteiger partial charge >= 0.3 is 0 Å². The molecule has 2 unspecified atom stereocenters. The smallest absolute Gasteiger partial charge is 0.0806 e. The predicted molar refractivity (Wildman–Crippen MR) is 101 cm³/mol. The molecular weight excluding hydrogens is 296 g/mol. The zero-order chi connectivity index (χ0) is 16.8. The molecule has 2 aliphatic heterocycles. The molecular formula is C20H24N4. The Morgan fingerprint density at radius 2 is 0.958 bits per heavy atom. The highest BCUT2D eigenvalue weighted by atomic mass is 15.2. The van der Waals surface area contributed by atoms with Gasteiger partial charge in [-0.3, -0.25) is 0 Å². The average molecular weight is 320 g/mol. The Morgan fingerprint density at radius 1 is 0.667 bits per heavy atom. The molecule has 2 aromatic carbocycles. The van der Waals surface area contributed by atoms with E-state index >= 15 is 0 Å². The third-order valence-corrected chi connectivity index (χ3v) is 5.04. The first-order chi connectivity index (χ1) is 11.6. The van der Waals surface area contributed by atoms with E-state index in [0.717, 1.165) is 12.8 Å². The fourth-order valence-electron chi connectivity index (χ4n) is 3.55. The summed E-state index contributed by atoms with van der Waals surface area (Å²) in [5, 5.41) is 7.53. The summed E-state index contributed by atoms with van der Waals surface area (Å²) in [5.74, 6) is 0. The fourth-order valence-corrected chi connectivity index (χ4v) is 3.55. The number of nitrogens with two attached hydrogens (primary N) is 2. The molecule has 2 atom stereocenters. The number of rotatable bonds is 4. The molecule has 4 rings (SSSR count). The maximum Gasteiger partial charge on any atom is 0.0806 e. The first-order valence-corrected chi connectivity index (χ1v) is 8.67. The van der Waals surface area contributed by atoms with Gasteiger partial charge in [0.1, 0.15) is 0 Å². The molecule has 0 radical (unpaired) electrons. The first-order valence-electron chi connectivity index (χ1n) is 8.67. The van der Waals surface area contributed by atoms with E-state index in [-0.39, 0.29) is 12.3 Å². The lowest BCUT2D eigenvalue weighted by molar-refractivity contribution is 0.419. The number of hydrogen-bond acceptors (Lipinski definition) is 4. The zero-order valence-corrected chi connectivity index (χ0v) is 14.2. The van der Waals surface area contributed by atoms with Crippen LogP contribution in [0.5, 0.6) is 0 Å². The molecule has 124 valence electrons. The van der Waals surface area contributed by atoms with Crippen molar-refractivity contribution in [2.45, 2.75) is 39.0 Å². The second-order valence-corrected chi connectivity index (χ2v) is 6.60. The average Bonchev–Trinajstić information content (AvgIpc) is 2.63. The lowest BCUT2D eigenvalue weighted by Gasteiger charge is -2.27. The lowest BCUT2D eigenvalue weighted by atomic mass is 9.99. The summed E-state index contributed by atoms with van der Waals surface area (Å²) in [4.78, 5) is 4.24. The Hall–Kier alpha value is -2.30. The Balaban J connectivity index is 2.01. The van der Waals surface area contributed by atoms with Gasteiger partial charge in [-0.2, -0.15) is 0 Å². The molecule has 4 N–H and O–H groups in total. The summed E-state index contributed by atoms with van der Waals surface area (Å²) >= 11 is 0. The first kappa shape index (κ1) is 15.2. The highest BCUT2D eigenvalue weighted by Crippen LogP contribution is 2.09. The third kappa shape index (κ3) is 2.22. The van der Waals surface area contributed by atoms with E-state index in [4.69, 9.17) is 11.5 Å². The van der Waals surface area contributed by atoms with Crippen molar-refractivity contribution in [3.63, 3.8) is 0 Å². The third-order valence-electron chi connectivity index (χ3n) is 5.04. The van der Waals surface area contributed by atoms with Crippen LogP contribution in [-0.2, 0) is 0 Å². The Bertz CT molecular complexity index is 883. The summed E-state index contributed by atoms with van der Waals surface area (Å²) in [6, 6.07) is 8.74. The van der Waals surface area contributed by atoms with Crippen LogP contribution in [-0.4, -0.2) is 22.1 Å². The van der Waals surface area contributed by atoms with Gasteiger partial charge in [0.05, 0.1) is 12.3 Å². The molecule has 2 aromatic rings. The maximum absolute atomic E-state index is 6.23. The van der Waals surface area contributed by atoms with E-state index in [1.165, 1.54) is 31.6 Å². The molecule has 4 nitrogen and oxygen atoms in total. The van der Waals surface area contributed by atoms with Crippen LogP contribution in [0.4, 0.5) is 0 Å². The second-order valence-electron chi connectivity index (χ2n) is 6.60. The van der Waals surface area contributed by atoms with Crippen molar-refractivity contribution in [2.24, 2.45) is 11.5 Å². The van der Waals surface area contributed by atoms with Crippen LogP contribution in [0.15, 0.2) is 24.3 Å². The van der Waals surface area contributed by atoms with Crippen molar-refractivity contribution >= 4 is 35.6 Å². The zero-order valence-electron chi connectivity index (χ0n) is 14.2. The Kier molecular flexibility index (Phi) is 3.59. The van der Waals surface area contributed by atoms with Crippen LogP contribution >= 0.6 is 0 Å². The normalized spacial score (nSPS) is 17.5. The highest BCUT2D eigenvalue weighted by molar-refractivity contribution is 5.89. The quantitative estimate of drug-likeness (QED) is 0.820. The van der Waals surface area contributed by atoms with Crippen LogP contribution < -0.4 is 32.3 Å². The van der Waals surface area contributed by atoms with E-state index in [0.29, 0.717) is 0 Å². The van der Waals surface area contributed by atoms with Crippen molar-refractivity contribution in [2.75, 3.05) is 0 Å². The molecule has 0 fully saturated rings. The molecule has 0 aliphatic carbocycles. The van der Waals surface area contributed by atoms with E-state index in [9.17, 15) is 0 Å². The molecule has 0 amide bonds. The number of nitrogens with zero attached hydrogens (tertiary/aromatic N) is 2. The largest absolute Gasteiger partial charge is 0.338 e. The lowest BCUT2D eigenvalue weighted by Crippen LogP contribution is -2.42. The minimum absolute atomic E-state index is 0.0108. The summed E-state index contributed by atoms with van der Waals surface area (Å²) in [7, 11) is 0. The van der Waals surface area contributed by atoms with Crippen molar-refractivity contribution in [1.82, 2.24) is 9.80 Å². The van der Waals surface area contributed by atoms with Crippen LogP contribution in [0.3, 0.4) is 0 Å². The van der Waals surface area contributed by atoms with E-state index in [1.807, 2.05) is 0 Å². The molecule has 2 heterocycles.